The van der Waals surface area contributed by atoms with Gasteiger partial charge in [-0.25, -0.2) is 0 Å². The zero-order valence-corrected chi connectivity index (χ0v) is 16.0. The molecule has 2 rings (SSSR count). The molecule has 2 aliphatic rings. The number of carbonyl (C=O) groups is 1. The molecule has 2 aliphatic carbocycles. The van der Waals surface area contributed by atoms with Crippen LogP contribution in [0.15, 0.2) is 4.99 Å². The predicted octanol–water partition coefficient (Wildman–Crippen LogP) is 3.09. The third-order valence-electron chi connectivity index (χ3n) is 4.97. The highest BCUT2D eigenvalue weighted by molar-refractivity contribution is 7.99. The van der Waals surface area contributed by atoms with Gasteiger partial charge in [0.25, 0.3) is 0 Å². The second-order valence-electron chi connectivity index (χ2n) is 6.86. The molecule has 0 saturated heterocycles. The van der Waals surface area contributed by atoms with E-state index in [1.807, 2.05) is 11.8 Å². The summed E-state index contributed by atoms with van der Waals surface area (Å²) in [6, 6.07) is 0.509. The van der Waals surface area contributed by atoms with Gasteiger partial charge in [-0.1, -0.05) is 6.42 Å². The average Bonchev–Trinajstić information content (AvgIpc) is 3.10. The van der Waals surface area contributed by atoms with Gasteiger partial charge in [-0.15, -0.1) is 0 Å². The predicted molar refractivity (Wildman–Crippen MR) is 102 cm³/mol. The summed E-state index contributed by atoms with van der Waals surface area (Å²) in [6.45, 7) is 0.748. The van der Waals surface area contributed by atoms with Crippen molar-refractivity contribution in [1.82, 2.24) is 10.6 Å². The molecular weight excluding hydrogens is 322 g/mol. The normalized spacial score (nSPS) is 25.5. The van der Waals surface area contributed by atoms with E-state index >= 15 is 0 Å². The minimum absolute atomic E-state index is 0.0539. The summed E-state index contributed by atoms with van der Waals surface area (Å²) in [5.41, 5.74) is 0. The van der Waals surface area contributed by atoms with Crippen LogP contribution in [-0.4, -0.2) is 49.2 Å². The Hall–Kier alpha value is -0.910. The summed E-state index contributed by atoms with van der Waals surface area (Å²) in [6.07, 6.45) is 13.1. The van der Waals surface area contributed by atoms with Crippen LogP contribution in [-0.2, 0) is 9.53 Å². The Bertz CT molecular complexity index is 411. The van der Waals surface area contributed by atoms with E-state index in [0.717, 1.165) is 37.0 Å². The molecule has 2 saturated carbocycles. The molecular formula is C18H33N3O2S. The number of carbonyl (C=O) groups excluding carboxylic acids is 1. The number of aliphatic imine (C=N–C) groups is 1. The molecule has 0 bridgehead atoms. The van der Waals surface area contributed by atoms with Gasteiger partial charge in [0.15, 0.2) is 5.96 Å². The van der Waals surface area contributed by atoms with Crippen LogP contribution in [0.3, 0.4) is 0 Å². The fourth-order valence-corrected chi connectivity index (χ4v) is 4.40. The molecule has 24 heavy (non-hydrogen) atoms. The van der Waals surface area contributed by atoms with Gasteiger partial charge in [0, 0.05) is 31.3 Å². The molecule has 2 fully saturated rings. The number of hydrogen-bond donors (Lipinski definition) is 2. The highest BCUT2D eigenvalue weighted by atomic mass is 32.2. The second-order valence-corrected chi connectivity index (χ2v) is 8.00. The van der Waals surface area contributed by atoms with Gasteiger partial charge in [0.2, 0.25) is 0 Å². The lowest BCUT2D eigenvalue weighted by molar-refractivity contribution is -0.148. The first kappa shape index (κ1) is 19.4. The van der Waals surface area contributed by atoms with Crippen LogP contribution in [0.25, 0.3) is 0 Å². The number of hydrogen-bond acceptors (Lipinski definition) is 4. The van der Waals surface area contributed by atoms with E-state index in [-0.39, 0.29) is 12.1 Å². The molecule has 2 N–H and O–H groups in total. The van der Waals surface area contributed by atoms with E-state index < -0.39 is 0 Å². The Kier molecular flexibility index (Phi) is 8.78. The standard InChI is InChI=1S/C18H33N3O2S/c1-19-18(21-14-7-5-10-16(13-14)24-2)20-12-6-11-17(22)23-15-8-3-4-9-15/h14-16H,3-13H2,1-2H3,(H2,19,20,21). The van der Waals surface area contributed by atoms with Crippen LogP contribution in [0, 0.1) is 0 Å². The van der Waals surface area contributed by atoms with E-state index in [4.69, 9.17) is 4.74 Å². The van der Waals surface area contributed by atoms with Crippen LogP contribution in [0.2, 0.25) is 0 Å². The van der Waals surface area contributed by atoms with E-state index in [0.29, 0.717) is 12.5 Å². The van der Waals surface area contributed by atoms with Crippen LogP contribution >= 0.6 is 11.8 Å². The lowest BCUT2D eigenvalue weighted by Crippen LogP contribution is -2.45. The van der Waals surface area contributed by atoms with Gasteiger partial charge in [-0.2, -0.15) is 11.8 Å². The van der Waals surface area contributed by atoms with E-state index in [1.165, 1.54) is 38.5 Å². The number of ether oxygens (including phenoxy) is 1. The first-order chi connectivity index (χ1) is 11.7. The number of thioether (sulfide) groups is 1. The third-order valence-corrected chi connectivity index (χ3v) is 6.07. The zero-order chi connectivity index (χ0) is 17.2. The number of esters is 1. The quantitative estimate of drug-likeness (QED) is 0.318. The maximum absolute atomic E-state index is 11.8. The summed E-state index contributed by atoms with van der Waals surface area (Å²) in [4.78, 5) is 16.1. The van der Waals surface area contributed by atoms with Crippen LogP contribution in [0.4, 0.5) is 0 Å². The summed E-state index contributed by atoms with van der Waals surface area (Å²) in [5.74, 6) is 0.799. The fraction of sp³-hybridized carbons (Fsp3) is 0.889. The molecule has 0 aromatic carbocycles. The van der Waals surface area contributed by atoms with Crippen LogP contribution < -0.4 is 10.6 Å². The molecule has 0 spiro atoms. The molecule has 0 aromatic heterocycles. The first-order valence-corrected chi connectivity index (χ1v) is 10.7. The summed E-state index contributed by atoms with van der Waals surface area (Å²) in [5, 5.41) is 7.61. The highest BCUT2D eigenvalue weighted by Gasteiger charge is 2.22. The maximum Gasteiger partial charge on any atom is 0.306 e. The van der Waals surface area contributed by atoms with E-state index in [9.17, 15) is 4.79 Å². The molecule has 6 heteroatoms. The van der Waals surface area contributed by atoms with Crippen molar-refractivity contribution in [2.75, 3.05) is 19.8 Å². The summed E-state index contributed by atoms with van der Waals surface area (Å²) in [7, 11) is 1.80. The van der Waals surface area contributed by atoms with Gasteiger partial charge in [0.1, 0.15) is 6.10 Å². The Labute approximate surface area is 150 Å². The van der Waals surface area contributed by atoms with Gasteiger partial charge >= 0.3 is 5.97 Å². The lowest BCUT2D eigenvalue weighted by Gasteiger charge is -2.29. The minimum atomic E-state index is -0.0539. The van der Waals surface area contributed by atoms with Crippen molar-refractivity contribution in [2.24, 2.45) is 4.99 Å². The van der Waals surface area contributed by atoms with E-state index in [1.54, 1.807) is 7.05 Å². The van der Waals surface area contributed by atoms with E-state index in [2.05, 4.69) is 21.9 Å². The Balaban J connectivity index is 1.58. The van der Waals surface area contributed by atoms with Crippen molar-refractivity contribution in [3.63, 3.8) is 0 Å². The van der Waals surface area contributed by atoms with Crippen molar-refractivity contribution in [3.8, 4) is 0 Å². The van der Waals surface area contributed by atoms with Crippen LogP contribution in [0.5, 0.6) is 0 Å². The summed E-state index contributed by atoms with van der Waals surface area (Å²) >= 11 is 1.97. The first-order valence-electron chi connectivity index (χ1n) is 9.40. The minimum Gasteiger partial charge on any atom is -0.462 e. The number of guanidine groups is 1. The Morgan fingerprint density at radius 1 is 1.21 bits per heavy atom. The van der Waals surface area contributed by atoms with Crippen molar-refractivity contribution >= 4 is 23.7 Å². The molecule has 5 nitrogen and oxygen atoms in total. The Morgan fingerprint density at radius 2 is 2.00 bits per heavy atom. The fourth-order valence-electron chi connectivity index (χ4n) is 3.57. The topological polar surface area (TPSA) is 62.7 Å². The number of nitrogens with zero attached hydrogens (tertiary/aromatic N) is 1. The number of rotatable bonds is 7. The van der Waals surface area contributed by atoms with Crippen molar-refractivity contribution in [2.45, 2.75) is 81.6 Å². The molecule has 2 atom stereocenters. The van der Waals surface area contributed by atoms with Gasteiger partial charge in [0.05, 0.1) is 0 Å². The SMILES string of the molecule is CN=C(NCCCC(=O)OC1CCCC1)NC1CCCC(SC)C1. The van der Waals surface area contributed by atoms with Crippen molar-refractivity contribution < 1.29 is 9.53 Å². The maximum atomic E-state index is 11.8. The van der Waals surface area contributed by atoms with Gasteiger partial charge in [-0.3, -0.25) is 9.79 Å². The molecule has 2 unspecified atom stereocenters. The van der Waals surface area contributed by atoms with Gasteiger partial charge in [-0.05, 0) is 57.6 Å². The average molecular weight is 356 g/mol. The molecule has 0 amide bonds. The lowest BCUT2D eigenvalue weighted by atomic mass is 9.95. The smallest absolute Gasteiger partial charge is 0.306 e. The molecule has 0 heterocycles. The molecule has 0 radical (unpaired) electrons. The molecule has 138 valence electrons. The molecule has 0 aliphatic heterocycles. The number of nitrogens with one attached hydrogen (secondary N) is 2. The van der Waals surface area contributed by atoms with Gasteiger partial charge < -0.3 is 15.4 Å². The van der Waals surface area contributed by atoms with Crippen molar-refractivity contribution in [3.05, 3.63) is 0 Å². The third kappa shape index (κ3) is 6.91. The summed E-state index contributed by atoms with van der Waals surface area (Å²) < 4.78 is 5.48. The van der Waals surface area contributed by atoms with Crippen LogP contribution in [0.1, 0.15) is 64.2 Å². The monoisotopic (exact) mass is 355 g/mol. The second kappa shape index (κ2) is 10.9. The highest BCUT2D eigenvalue weighted by Crippen LogP contribution is 2.26. The Morgan fingerprint density at radius 3 is 2.71 bits per heavy atom. The zero-order valence-electron chi connectivity index (χ0n) is 15.2. The molecule has 0 aromatic rings. The van der Waals surface area contributed by atoms with Crippen molar-refractivity contribution in [1.29, 1.82) is 0 Å². The largest absolute Gasteiger partial charge is 0.462 e.